The van der Waals surface area contributed by atoms with E-state index in [2.05, 4.69) is 9.97 Å². The number of aromatic nitrogens is 2. The lowest BCUT2D eigenvalue weighted by Crippen LogP contribution is -2.39. The highest BCUT2D eigenvalue weighted by Gasteiger charge is 2.49. The second-order valence-corrected chi connectivity index (χ2v) is 7.72. The number of para-hydroxylation sites is 2. The number of benzene rings is 2. The summed E-state index contributed by atoms with van der Waals surface area (Å²) in [6.07, 6.45) is 3.12. The molecule has 1 spiro atoms. The van der Waals surface area contributed by atoms with Crippen LogP contribution in [0.1, 0.15) is 34.3 Å². The van der Waals surface area contributed by atoms with Gasteiger partial charge in [0.2, 0.25) is 11.9 Å². The van der Waals surface area contributed by atoms with Gasteiger partial charge in [-0.2, -0.15) is 0 Å². The molecule has 2 heterocycles. The number of H-pyrrole nitrogens is 1. The van der Waals surface area contributed by atoms with E-state index >= 15 is 0 Å². The van der Waals surface area contributed by atoms with Crippen molar-refractivity contribution in [3.05, 3.63) is 59.2 Å². The molecule has 0 bridgehead atoms. The molecule has 1 saturated heterocycles. The zero-order valence-electron chi connectivity index (χ0n) is 15.7. The highest BCUT2D eigenvalue weighted by atomic mass is 16.5. The van der Waals surface area contributed by atoms with Gasteiger partial charge in [0.1, 0.15) is 0 Å². The van der Waals surface area contributed by atoms with Crippen molar-refractivity contribution in [2.75, 3.05) is 18.6 Å². The predicted octanol–water partition coefficient (Wildman–Crippen LogP) is 3.26. The quantitative estimate of drug-likeness (QED) is 0.698. The Labute approximate surface area is 162 Å². The van der Waals surface area contributed by atoms with Crippen LogP contribution in [0.15, 0.2) is 42.5 Å². The predicted molar refractivity (Wildman–Crippen MR) is 105 cm³/mol. The molecule has 2 aliphatic rings. The molecule has 142 valence electrons. The highest BCUT2D eigenvalue weighted by Crippen LogP contribution is 2.44. The van der Waals surface area contributed by atoms with E-state index in [-0.39, 0.29) is 11.9 Å². The first-order chi connectivity index (χ1) is 13.6. The van der Waals surface area contributed by atoms with E-state index in [9.17, 15) is 9.59 Å². The monoisotopic (exact) mass is 375 g/mol. The number of hydrogen-bond donors (Lipinski definition) is 1. The summed E-state index contributed by atoms with van der Waals surface area (Å²) >= 11 is 0. The summed E-state index contributed by atoms with van der Waals surface area (Å²) < 4.78 is 4.84. The van der Waals surface area contributed by atoms with Crippen LogP contribution in [0.4, 0.5) is 5.95 Å². The van der Waals surface area contributed by atoms with Crippen molar-refractivity contribution in [1.82, 2.24) is 9.97 Å². The van der Waals surface area contributed by atoms with Gasteiger partial charge in [0, 0.05) is 6.54 Å². The summed E-state index contributed by atoms with van der Waals surface area (Å²) in [5.74, 6) is 0.405. The van der Waals surface area contributed by atoms with Crippen LogP contribution in [0.5, 0.6) is 0 Å². The Kier molecular flexibility index (Phi) is 3.75. The van der Waals surface area contributed by atoms with Gasteiger partial charge in [-0.3, -0.25) is 9.69 Å². The van der Waals surface area contributed by atoms with Gasteiger partial charge in [-0.1, -0.05) is 18.2 Å². The van der Waals surface area contributed by atoms with Crippen LogP contribution < -0.4 is 4.90 Å². The summed E-state index contributed by atoms with van der Waals surface area (Å²) in [6.45, 7) is 0.657. The minimum atomic E-state index is -0.416. The summed E-state index contributed by atoms with van der Waals surface area (Å²) in [5, 5.41) is 0. The lowest BCUT2D eigenvalue weighted by Gasteiger charge is -2.33. The molecule has 0 radical (unpaired) electrons. The average molecular weight is 375 g/mol. The van der Waals surface area contributed by atoms with Gasteiger partial charge in [-0.15, -0.1) is 0 Å². The van der Waals surface area contributed by atoms with Crippen LogP contribution >= 0.6 is 0 Å². The molecule has 2 aromatic carbocycles. The lowest BCUT2D eigenvalue weighted by atomic mass is 9.70. The third-order valence-corrected chi connectivity index (χ3v) is 6.17. The molecule has 1 amide bonds. The SMILES string of the molecule is COC(=O)c1ccc2c(c1)C[C@]1(CC2)CCN(c2nc3ccccc3[nH]2)C1=O. The Morgan fingerprint density at radius 2 is 2.04 bits per heavy atom. The Morgan fingerprint density at radius 3 is 2.86 bits per heavy atom. The molecular formula is C22H21N3O3. The number of imidazole rings is 1. The summed E-state index contributed by atoms with van der Waals surface area (Å²) in [7, 11) is 1.38. The van der Waals surface area contributed by atoms with Gasteiger partial charge < -0.3 is 9.72 Å². The van der Waals surface area contributed by atoms with Crippen molar-refractivity contribution < 1.29 is 14.3 Å². The smallest absolute Gasteiger partial charge is 0.337 e. The maximum atomic E-state index is 13.4. The van der Waals surface area contributed by atoms with Crippen LogP contribution in [-0.2, 0) is 22.4 Å². The van der Waals surface area contributed by atoms with Crippen LogP contribution in [0, 0.1) is 5.41 Å². The van der Waals surface area contributed by atoms with Crippen LogP contribution in [-0.4, -0.2) is 35.5 Å². The Bertz CT molecular complexity index is 1070. The number of aryl methyl sites for hydroxylation is 1. The molecule has 6 nitrogen and oxygen atoms in total. The number of ether oxygens (including phenoxy) is 1. The number of carbonyl (C=O) groups is 2. The van der Waals surface area contributed by atoms with Crippen molar-refractivity contribution in [2.45, 2.75) is 25.7 Å². The van der Waals surface area contributed by atoms with Gasteiger partial charge >= 0.3 is 5.97 Å². The molecule has 1 fully saturated rings. The van der Waals surface area contributed by atoms with Crippen molar-refractivity contribution in [3.8, 4) is 0 Å². The standard InChI is InChI=1S/C22H21N3O3/c1-28-19(26)15-7-6-14-8-9-22(13-16(14)12-15)10-11-25(20(22)27)21-23-17-4-2-3-5-18(17)24-21/h2-7,12H,8-11,13H2,1H3,(H,23,24)/t22-/m0/s1. The first kappa shape index (κ1) is 17.0. The molecule has 1 aliphatic heterocycles. The first-order valence-electron chi connectivity index (χ1n) is 9.56. The molecule has 1 N–H and O–H groups in total. The molecule has 1 aromatic heterocycles. The molecule has 5 rings (SSSR count). The molecule has 6 heteroatoms. The number of rotatable bonds is 2. The topological polar surface area (TPSA) is 75.3 Å². The van der Waals surface area contributed by atoms with Gasteiger partial charge in [-0.05, 0) is 61.1 Å². The number of esters is 1. The highest BCUT2D eigenvalue weighted by molar-refractivity contribution is 6.00. The average Bonchev–Trinajstić information content (AvgIpc) is 3.28. The maximum Gasteiger partial charge on any atom is 0.337 e. The number of aromatic amines is 1. The second-order valence-electron chi connectivity index (χ2n) is 7.72. The van der Waals surface area contributed by atoms with Gasteiger partial charge in [0.25, 0.3) is 0 Å². The lowest BCUT2D eigenvalue weighted by molar-refractivity contribution is -0.126. The van der Waals surface area contributed by atoms with E-state index in [0.717, 1.165) is 35.9 Å². The van der Waals surface area contributed by atoms with Crippen molar-refractivity contribution in [1.29, 1.82) is 0 Å². The van der Waals surface area contributed by atoms with Crippen molar-refractivity contribution >= 4 is 28.9 Å². The largest absolute Gasteiger partial charge is 0.465 e. The fraction of sp³-hybridized carbons (Fsp3) is 0.318. The molecule has 0 unspecified atom stereocenters. The number of amides is 1. The molecule has 1 atom stereocenters. The van der Waals surface area contributed by atoms with Crippen LogP contribution in [0.2, 0.25) is 0 Å². The van der Waals surface area contributed by atoms with Crippen LogP contribution in [0.3, 0.4) is 0 Å². The minimum absolute atomic E-state index is 0.126. The van der Waals surface area contributed by atoms with Gasteiger partial charge in [0.05, 0.1) is 29.1 Å². The number of methoxy groups -OCH3 is 1. The van der Waals surface area contributed by atoms with E-state index in [0.29, 0.717) is 24.5 Å². The molecule has 1 aliphatic carbocycles. The molecule has 28 heavy (non-hydrogen) atoms. The van der Waals surface area contributed by atoms with E-state index in [1.165, 1.54) is 12.7 Å². The summed E-state index contributed by atoms with van der Waals surface area (Å²) in [6, 6.07) is 13.5. The Balaban J connectivity index is 1.45. The van der Waals surface area contributed by atoms with E-state index in [1.54, 1.807) is 11.0 Å². The Morgan fingerprint density at radius 1 is 1.18 bits per heavy atom. The van der Waals surface area contributed by atoms with Crippen LogP contribution in [0.25, 0.3) is 11.0 Å². The van der Waals surface area contributed by atoms with E-state index in [4.69, 9.17) is 4.74 Å². The van der Waals surface area contributed by atoms with Crippen molar-refractivity contribution in [3.63, 3.8) is 0 Å². The molecule has 3 aromatic rings. The first-order valence-corrected chi connectivity index (χ1v) is 9.56. The van der Waals surface area contributed by atoms with Gasteiger partial charge in [-0.25, -0.2) is 9.78 Å². The zero-order chi connectivity index (χ0) is 19.3. The fourth-order valence-electron chi connectivity index (χ4n) is 4.59. The fourth-order valence-corrected chi connectivity index (χ4v) is 4.59. The number of hydrogen-bond acceptors (Lipinski definition) is 4. The van der Waals surface area contributed by atoms with Gasteiger partial charge in [0.15, 0.2) is 0 Å². The number of anilines is 1. The number of nitrogens with zero attached hydrogens (tertiary/aromatic N) is 2. The van der Waals surface area contributed by atoms with E-state index < -0.39 is 5.41 Å². The minimum Gasteiger partial charge on any atom is -0.465 e. The maximum absolute atomic E-state index is 13.4. The second kappa shape index (κ2) is 6.19. The number of nitrogens with one attached hydrogen (secondary N) is 1. The van der Waals surface area contributed by atoms with E-state index in [1.807, 2.05) is 36.4 Å². The summed E-state index contributed by atoms with van der Waals surface area (Å²) in [4.78, 5) is 35.0. The summed E-state index contributed by atoms with van der Waals surface area (Å²) in [5.41, 5.74) is 4.21. The Hall–Kier alpha value is -3.15. The number of carbonyl (C=O) groups excluding carboxylic acids is 2. The zero-order valence-corrected chi connectivity index (χ0v) is 15.7. The third-order valence-electron chi connectivity index (χ3n) is 6.17. The number of fused-ring (bicyclic) bond motifs is 2. The molecular weight excluding hydrogens is 354 g/mol. The van der Waals surface area contributed by atoms with Crippen molar-refractivity contribution in [2.24, 2.45) is 5.41 Å². The normalized spacial score (nSPS) is 21.3. The third kappa shape index (κ3) is 2.52. The molecule has 0 saturated carbocycles.